The van der Waals surface area contributed by atoms with Crippen LogP contribution in [0.2, 0.25) is 0 Å². The standard InChI is InChI=1S/C14H12O2/c1-9(15)10-6-7-14-12(8-10)11-4-2-3-5-13(11)16-14/h2-9,15H,1H3/t9-/m1/s1. The first kappa shape index (κ1) is 9.43. The Labute approximate surface area is 93.1 Å². The molecule has 0 saturated carbocycles. The molecular weight excluding hydrogens is 200 g/mol. The molecular formula is C14H12O2. The quantitative estimate of drug-likeness (QED) is 0.668. The third kappa shape index (κ3) is 1.31. The maximum Gasteiger partial charge on any atom is 0.135 e. The van der Waals surface area contributed by atoms with Crippen molar-refractivity contribution in [1.29, 1.82) is 0 Å². The van der Waals surface area contributed by atoms with Crippen LogP contribution >= 0.6 is 0 Å². The van der Waals surface area contributed by atoms with Crippen molar-refractivity contribution in [3.05, 3.63) is 48.0 Å². The lowest BCUT2D eigenvalue weighted by Crippen LogP contribution is -1.89. The van der Waals surface area contributed by atoms with E-state index >= 15 is 0 Å². The lowest BCUT2D eigenvalue weighted by atomic mass is 10.1. The Balaban J connectivity index is 2.40. The van der Waals surface area contributed by atoms with Crippen LogP contribution in [0.3, 0.4) is 0 Å². The van der Waals surface area contributed by atoms with E-state index < -0.39 is 6.10 Å². The highest BCUT2D eigenvalue weighted by Gasteiger charge is 2.08. The molecule has 1 N–H and O–H groups in total. The zero-order valence-electron chi connectivity index (χ0n) is 8.97. The Bertz CT molecular complexity index is 650. The fourth-order valence-corrected chi connectivity index (χ4v) is 2.00. The van der Waals surface area contributed by atoms with Crippen molar-refractivity contribution in [3.8, 4) is 0 Å². The van der Waals surface area contributed by atoms with E-state index in [1.54, 1.807) is 6.92 Å². The van der Waals surface area contributed by atoms with Gasteiger partial charge in [-0.3, -0.25) is 0 Å². The van der Waals surface area contributed by atoms with Gasteiger partial charge in [-0.2, -0.15) is 0 Å². The number of para-hydroxylation sites is 1. The van der Waals surface area contributed by atoms with Crippen LogP contribution in [0.25, 0.3) is 21.9 Å². The van der Waals surface area contributed by atoms with E-state index in [0.29, 0.717) is 0 Å². The summed E-state index contributed by atoms with van der Waals surface area (Å²) in [6.45, 7) is 1.77. The Hall–Kier alpha value is -1.80. The molecule has 3 aromatic rings. The van der Waals surface area contributed by atoms with Crippen molar-refractivity contribution in [2.24, 2.45) is 0 Å². The van der Waals surface area contributed by atoms with Gasteiger partial charge in [0.25, 0.3) is 0 Å². The number of furan rings is 1. The minimum atomic E-state index is -0.446. The maximum atomic E-state index is 9.56. The summed E-state index contributed by atoms with van der Waals surface area (Å²) in [7, 11) is 0. The fraction of sp³-hybridized carbons (Fsp3) is 0.143. The van der Waals surface area contributed by atoms with Crippen LogP contribution in [0, 0.1) is 0 Å². The van der Waals surface area contributed by atoms with Gasteiger partial charge in [-0.15, -0.1) is 0 Å². The lowest BCUT2D eigenvalue weighted by molar-refractivity contribution is 0.199. The van der Waals surface area contributed by atoms with Gasteiger partial charge in [-0.05, 0) is 30.7 Å². The first-order chi connectivity index (χ1) is 7.75. The van der Waals surface area contributed by atoms with Crippen LogP contribution in [0.5, 0.6) is 0 Å². The van der Waals surface area contributed by atoms with E-state index in [2.05, 4.69) is 0 Å². The van der Waals surface area contributed by atoms with Crippen LogP contribution < -0.4 is 0 Å². The summed E-state index contributed by atoms with van der Waals surface area (Å²) in [6, 6.07) is 13.7. The summed E-state index contributed by atoms with van der Waals surface area (Å²) in [4.78, 5) is 0. The van der Waals surface area contributed by atoms with Crippen molar-refractivity contribution in [1.82, 2.24) is 0 Å². The highest BCUT2D eigenvalue weighted by atomic mass is 16.3. The molecule has 1 aromatic heterocycles. The van der Waals surface area contributed by atoms with Crippen LogP contribution in [0.15, 0.2) is 46.9 Å². The minimum Gasteiger partial charge on any atom is -0.456 e. The van der Waals surface area contributed by atoms with Crippen LogP contribution in [0.1, 0.15) is 18.6 Å². The van der Waals surface area contributed by atoms with Gasteiger partial charge in [0.05, 0.1) is 6.10 Å². The van der Waals surface area contributed by atoms with Gasteiger partial charge < -0.3 is 9.52 Å². The van der Waals surface area contributed by atoms with Gasteiger partial charge in [0, 0.05) is 10.8 Å². The van der Waals surface area contributed by atoms with Crippen molar-refractivity contribution >= 4 is 21.9 Å². The number of hydrogen-bond donors (Lipinski definition) is 1. The van der Waals surface area contributed by atoms with Gasteiger partial charge >= 0.3 is 0 Å². The topological polar surface area (TPSA) is 33.4 Å². The van der Waals surface area contributed by atoms with E-state index in [1.807, 2.05) is 42.5 Å². The summed E-state index contributed by atoms with van der Waals surface area (Å²) in [5.74, 6) is 0. The second kappa shape index (κ2) is 3.35. The van der Waals surface area contributed by atoms with E-state index in [4.69, 9.17) is 4.42 Å². The maximum absolute atomic E-state index is 9.56. The number of fused-ring (bicyclic) bond motifs is 3. The van der Waals surface area contributed by atoms with Crippen molar-refractivity contribution in [2.75, 3.05) is 0 Å². The average Bonchev–Trinajstić information content (AvgIpc) is 2.66. The molecule has 16 heavy (non-hydrogen) atoms. The summed E-state index contributed by atoms with van der Waals surface area (Å²) in [5, 5.41) is 11.7. The molecule has 1 heterocycles. The average molecular weight is 212 g/mol. The molecule has 0 radical (unpaired) electrons. The normalized spacial score (nSPS) is 13.4. The summed E-state index contributed by atoms with van der Waals surface area (Å²) in [5.41, 5.74) is 2.67. The third-order valence-electron chi connectivity index (χ3n) is 2.88. The molecule has 80 valence electrons. The molecule has 1 atom stereocenters. The number of aliphatic hydroxyl groups is 1. The molecule has 0 aliphatic carbocycles. The Morgan fingerprint density at radius 1 is 1.00 bits per heavy atom. The van der Waals surface area contributed by atoms with Gasteiger partial charge in [0.2, 0.25) is 0 Å². The molecule has 2 heteroatoms. The molecule has 0 spiro atoms. The second-order valence-corrected chi connectivity index (χ2v) is 4.03. The molecule has 0 unspecified atom stereocenters. The zero-order chi connectivity index (χ0) is 11.1. The Morgan fingerprint density at radius 2 is 1.75 bits per heavy atom. The third-order valence-corrected chi connectivity index (χ3v) is 2.88. The van der Waals surface area contributed by atoms with Crippen molar-refractivity contribution in [2.45, 2.75) is 13.0 Å². The predicted octanol–water partition coefficient (Wildman–Crippen LogP) is 3.64. The summed E-state index contributed by atoms with van der Waals surface area (Å²) >= 11 is 0. The molecule has 0 amide bonds. The molecule has 3 rings (SSSR count). The number of hydrogen-bond acceptors (Lipinski definition) is 2. The Kier molecular flexibility index (Phi) is 1.98. The zero-order valence-corrected chi connectivity index (χ0v) is 8.97. The van der Waals surface area contributed by atoms with E-state index in [9.17, 15) is 5.11 Å². The first-order valence-electron chi connectivity index (χ1n) is 5.35. The number of rotatable bonds is 1. The smallest absolute Gasteiger partial charge is 0.135 e. The van der Waals surface area contributed by atoms with Gasteiger partial charge in [-0.1, -0.05) is 24.3 Å². The summed E-state index contributed by atoms with van der Waals surface area (Å²) in [6.07, 6.45) is -0.446. The van der Waals surface area contributed by atoms with Crippen molar-refractivity contribution in [3.63, 3.8) is 0 Å². The minimum absolute atomic E-state index is 0.446. The van der Waals surface area contributed by atoms with Gasteiger partial charge in [0.1, 0.15) is 11.2 Å². The predicted molar refractivity (Wildman–Crippen MR) is 64.4 cm³/mol. The molecule has 0 saturated heterocycles. The summed E-state index contributed by atoms with van der Waals surface area (Å²) < 4.78 is 5.71. The lowest BCUT2D eigenvalue weighted by Gasteiger charge is -2.03. The van der Waals surface area contributed by atoms with Crippen LogP contribution in [-0.4, -0.2) is 5.11 Å². The van der Waals surface area contributed by atoms with Crippen LogP contribution in [-0.2, 0) is 0 Å². The molecule has 2 nitrogen and oxygen atoms in total. The number of benzene rings is 2. The fourth-order valence-electron chi connectivity index (χ4n) is 2.00. The monoisotopic (exact) mass is 212 g/mol. The first-order valence-corrected chi connectivity index (χ1v) is 5.35. The molecule has 0 aliphatic rings. The van der Waals surface area contributed by atoms with E-state index in [0.717, 1.165) is 27.5 Å². The number of aliphatic hydroxyl groups excluding tert-OH is 1. The highest BCUT2D eigenvalue weighted by Crippen LogP contribution is 2.30. The molecule has 0 aliphatic heterocycles. The molecule has 0 fully saturated rings. The Morgan fingerprint density at radius 3 is 2.56 bits per heavy atom. The van der Waals surface area contributed by atoms with E-state index in [-0.39, 0.29) is 0 Å². The SMILES string of the molecule is C[C@@H](O)c1ccc2oc3ccccc3c2c1. The molecule has 0 bridgehead atoms. The molecule has 2 aromatic carbocycles. The highest BCUT2D eigenvalue weighted by molar-refractivity contribution is 6.04. The van der Waals surface area contributed by atoms with Crippen molar-refractivity contribution < 1.29 is 9.52 Å². The van der Waals surface area contributed by atoms with Crippen LogP contribution in [0.4, 0.5) is 0 Å². The van der Waals surface area contributed by atoms with Gasteiger partial charge in [-0.25, -0.2) is 0 Å². The second-order valence-electron chi connectivity index (χ2n) is 4.03. The van der Waals surface area contributed by atoms with E-state index in [1.165, 1.54) is 0 Å². The largest absolute Gasteiger partial charge is 0.456 e. The van der Waals surface area contributed by atoms with Gasteiger partial charge in [0.15, 0.2) is 0 Å².